The second-order valence-electron chi connectivity index (χ2n) is 6.99. The number of sulfonamides is 1. The Morgan fingerprint density at radius 1 is 0.966 bits per heavy atom. The summed E-state index contributed by atoms with van der Waals surface area (Å²) in [6.45, 7) is 7.04. The van der Waals surface area contributed by atoms with Crippen LogP contribution in [0.4, 0.5) is 5.82 Å². The van der Waals surface area contributed by atoms with Gasteiger partial charge in [0, 0.05) is 45.2 Å². The van der Waals surface area contributed by atoms with Gasteiger partial charge in [0.1, 0.15) is 10.7 Å². The predicted molar refractivity (Wildman–Crippen MR) is 112 cm³/mol. The van der Waals surface area contributed by atoms with E-state index >= 15 is 0 Å². The lowest BCUT2D eigenvalue weighted by molar-refractivity contribution is 0.270. The van der Waals surface area contributed by atoms with Gasteiger partial charge in [-0.15, -0.1) is 0 Å². The van der Waals surface area contributed by atoms with Crippen molar-refractivity contribution in [3.8, 4) is 0 Å². The van der Waals surface area contributed by atoms with Gasteiger partial charge in [-0.3, -0.25) is 0 Å². The van der Waals surface area contributed by atoms with Gasteiger partial charge in [0.15, 0.2) is 9.84 Å². The van der Waals surface area contributed by atoms with E-state index in [1.165, 1.54) is 24.3 Å². The molecule has 158 valence electrons. The van der Waals surface area contributed by atoms with Crippen LogP contribution in [0.5, 0.6) is 0 Å². The van der Waals surface area contributed by atoms with Gasteiger partial charge in [0.05, 0.1) is 4.90 Å². The molecule has 1 aromatic carbocycles. The molecule has 0 atom stereocenters. The summed E-state index contributed by atoms with van der Waals surface area (Å²) in [6, 6.07) is 9.29. The van der Waals surface area contributed by atoms with Crippen LogP contribution in [0.25, 0.3) is 0 Å². The van der Waals surface area contributed by atoms with Crippen molar-refractivity contribution in [2.75, 3.05) is 43.9 Å². The average Bonchev–Trinajstić information content (AvgIpc) is 2.72. The Labute approximate surface area is 172 Å². The van der Waals surface area contributed by atoms with Gasteiger partial charge < -0.3 is 9.80 Å². The van der Waals surface area contributed by atoms with Crippen LogP contribution in [-0.4, -0.2) is 65.7 Å². The molecule has 0 bridgehead atoms. The number of benzene rings is 1. The lowest BCUT2D eigenvalue weighted by Crippen LogP contribution is -2.46. The van der Waals surface area contributed by atoms with E-state index in [0.717, 1.165) is 44.8 Å². The van der Waals surface area contributed by atoms with Crippen molar-refractivity contribution in [2.45, 2.75) is 23.3 Å². The Morgan fingerprint density at radius 2 is 1.62 bits per heavy atom. The van der Waals surface area contributed by atoms with Crippen LogP contribution >= 0.6 is 0 Å². The summed E-state index contributed by atoms with van der Waals surface area (Å²) in [5, 5.41) is 0. The van der Waals surface area contributed by atoms with Crippen LogP contribution in [-0.2, 0) is 26.4 Å². The van der Waals surface area contributed by atoms with Gasteiger partial charge >= 0.3 is 0 Å². The molecule has 0 amide bonds. The minimum atomic E-state index is -3.98. The van der Waals surface area contributed by atoms with Gasteiger partial charge in [-0.1, -0.05) is 25.1 Å². The molecule has 8 nitrogen and oxygen atoms in total. The van der Waals surface area contributed by atoms with E-state index < -0.39 is 19.9 Å². The Hall–Kier alpha value is -2.01. The minimum Gasteiger partial charge on any atom is -0.354 e. The predicted octanol–water partition coefficient (Wildman–Crippen LogP) is 1.11. The molecular weight excluding hydrogens is 412 g/mol. The van der Waals surface area contributed by atoms with E-state index in [1.54, 1.807) is 6.20 Å². The summed E-state index contributed by atoms with van der Waals surface area (Å²) in [7, 11) is -7.65. The van der Waals surface area contributed by atoms with E-state index in [4.69, 9.17) is 0 Å². The van der Waals surface area contributed by atoms with Crippen molar-refractivity contribution in [3.05, 3.63) is 48.2 Å². The lowest BCUT2D eigenvalue weighted by Gasteiger charge is -2.34. The van der Waals surface area contributed by atoms with E-state index in [0.29, 0.717) is 5.56 Å². The van der Waals surface area contributed by atoms with Gasteiger partial charge in [0.25, 0.3) is 0 Å². The first-order valence-electron chi connectivity index (χ1n) is 9.41. The number of nitrogens with one attached hydrogen (secondary N) is 1. The number of anilines is 1. The molecule has 29 heavy (non-hydrogen) atoms. The molecule has 1 aliphatic rings. The number of sulfone groups is 1. The first kappa shape index (κ1) is 21.7. The second-order valence-corrected chi connectivity index (χ2v) is 10.7. The minimum absolute atomic E-state index is 0.0251. The van der Waals surface area contributed by atoms with Crippen molar-refractivity contribution in [1.29, 1.82) is 0 Å². The van der Waals surface area contributed by atoms with Gasteiger partial charge in [-0.05, 0) is 30.3 Å². The highest BCUT2D eigenvalue weighted by Crippen LogP contribution is 2.21. The smallest absolute Gasteiger partial charge is 0.242 e. The van der Waals surface area contributed by atoms with Crippen LogP contribution in [0.2, 0.25) is 0 Å². The molecule has 1 aliphatic heterocycles. The zero-order chi connectivity index (χ0) is 21.1. The highest BCUT2D eigenvalue weighted by Gasteiger charge is 2.23. The summed E-state index contributed by atoms with van der Waals surface area (Å²) in [5.41, 5.74) is 0.696. The fourth-order valence-corrected chi connectivity index (χ4v) is 5.88. The third-order valence-corrected chi connectivity index (χ3v) is 7.70. The van der Waals surface area contributed by atoms with Crippen LogP contribution < -0.4 is 9.62 Å². The third-order valence-electron chi connectivity index (χ3n) is 4.96. The maximum Gasteiger partial charge on any atom is 0.242 e. The number of rotatable bonds is 7. The maximum atomic E-state index is 12.6. The fraction of sp³-hybridized carbons (Fsp3) is 0.421. The molecule has 0 saturated carbocycles. The zero-order valence-electron chi connectivity index (χ0n) is 16.6. The number of hydrogen-bond acceptors (Lipinski definition) is 7. The largest absolute Gasteiger partial charge is 0.354 e. The molecule has 2 heterocycles. The molecule has 0 spiro atoms. The zero-order valence-corrected chi connectivity index (χ0v) is 18.2. The summed E-state index contributed by atoms with van der Waals surface area (Å²) in [4.78, 5) is 8.59. The lowest BCUT2D eigenvalue weighted by atomic mass is 10.2. The quantitative estimate of drug-likeness (QED) is 0.691. The van der Waals surface area contributed by atoms with Crippen LogP contribution in [0.1, 0.15) is 12.5 Å². The Bertz CT molecular complexity index is 1050. The molecular formula is C19H26N4O4S2. The molecule has 3 rings (SSSR count). The monoisotopic (exact) mass is 438 g/mol. The van der Waals surface area contributed by atoms with E-state index in [1.807, 2.05) is 12.1 Å². The van der Waals surface area contributed by atoms with Gasteiger partial charge in [-0.25, -0.2) is 26.5 Å². The molecule has 0 aliphatic carbocycles. The van der Waals surface area contributed by atoms with Crippen molar-refractivity contribution < 1.29 is 16.8 Å². The number of nitrogens with zero attached hydrogens (tertiary/aromatic N) is 3. The van der Waals surface area contributed by atoms with Crippen molar-refractivity contribution in [1.82, 2.24) is 14.6 Å². The number of aromatic nitrogens is 1. The van der Waals surface area contributed by atoms with Crippen molar-refractivity contribution >= 4 is 25.7 Å². The van der Waals surface area contributed by atoms with E-state index in [2.05, 4.69) is 26.4 Å². The first-order valence-corrected chi connectivity index (χ1v) is 12.8. The highest BCUT2D eigenvalue weighted by molar-refractivity contribution is 7.93. The molecule has 1 saturated heterocycles. The molecule has 10 heteroatoms. The molecule has 1 fully saturated rings. The number of piperazine rings is 1. The van der Waals surface area contributed by atoms with E-state index in [9.17, 15) is 16.8 Å². The molecule has 0 unspecified atom stereocenters. The highest BCUT2D eigenvalue weighted by atomic mass is 32.2. The Morgan fingerprint density at radius 3 is 2.17 bits per heavy atom. The summed E-state index contributed by atoms with van der Waals surface area (Å²) in [5.74, 6) is 0.870. The number of pyridine rings is 1. The number of hydrogen-bond donors (Lipinski definition) is 1. The fourth-order valence-electron chi connectivity index (χ4n) is 3.24. The van der Waals surface area contributed by atoms with Crippen LogP contribution in [0.15, 0.2) is 52.4 Å². The van der Waals surface area contributed by atoms with Gasteiger partial charge in [-0.2, -0.15) is 0 Å². The SMILES string of the molecule is CCN1CCN(c2ccc(CNS(=O)(=O)c3ccccc3S(C)(=O)=O)cn2)CC1. The topological polar surface area (TPSA) is 99.7 Å². The average molecular weight is 439 g/mol. The maximum absolute atomic E-state index is 12.6. The van der Waals surface area contributed by atoms with Crippen molar-refractivity contribution in [2.24, 2.45) is 0 Å². The molecule has 2 aromatic rings. The summed E-state index contributed by atoms with van der Waals surface area (Å²) in [6.07, 6.45) is 2.64. The molecule has 1 N–H and O–H groups in total. The number of likely N-dealkylation sites (N-methyl/N-ethyl adjacent to an activating group) is 1. The molecule has 1 aromatic heterocycles. The molecule has 0 radical (unpaired) electrons. The standard InChI is InChI=1S/C19H26N4O4S2/c1-3-22-10-12-23(13-11-22)19-9-8-16(14-20-19)15-21-29(26,27)18-7-5-4-6-17(18)28(2,24)25/h4-9,14,21H,3,10-13,15H2,1-2H3. The van der Waals surface area contributed by atoms with Crippen LogP contribution in [0, 0.1) is 0 Å². The van der Waals surface area contributed by atoms with Gasteiger partial charge in [0.2, 0.25) is 10.0 Å². The Balaban J connectivity index is 1.68. The summed E-state index contributed by atoms with van der Waals surface area (Å²) < 4.78 is 51.5. The normalized spacial score (nSPS) is 16.1. The van der Waals surface area contributed by atoms with Crippen molar-refractivity contribution in [3.63, 3.8) is 0 Å². The second kappa shape index (κ2) is 8.78. The first-order chi connectivity index (χ1) is 13.7. The van der Waals surface area contributed by atoms with E-state index in [-0.39, 0.29) is 16.3 Å². The third kappa shape index (κ3) is 5.33. The summed E-state index contributed by atoms with van der Waals surface area (Å²) >= 11 is 0. The van der Waals surface area contributed by atoms with Crippen LogP contribution in [0.3, 0.4) is 0 Å². The Kier molecular flexibility index (Phi) is 6.57.